The van der Waals surface area contributed by atoms with Crippen molar-refractivity contribution < 1.29 is 9.59 Å². The van der Waals surface area contributed by atoms with Crippen LogP contribution in [0.15, 0.2) is 77.8 Å². The van der Waals surface area contributed by atoms with Gasteiger partial charge in [-0.3, -0.25) is 14.5 Å². The van der Waals surface area contributed by atoms with Gasteiger partial charge in [0, 0.05) is 0 Å². The number of hydrogen-bond acceptors (Lipinski definition) is 2. The third-order valence-corrected chi connectivity index (χ3v) is 4.70. The summed E-state index contributed by atoms with van der Waals surface area (Å²) in [6, 6.07) is 22.8. The Balaban J connectivity index is 1.77. The van der Waals surface area contributed by atoms with Gasteiger partial charge in [-0.1, -0.05) is 84.4 Å². The zero-order valence-corrected chi connectivity index (χ0v) is 14.0. The standard InChI is InChI=1S/C21H14ClNO2/c22-19-18(17-12-6-10-15-9-4-5-11-16(15)17)20(24)23(21(19)25)13-14-7-2-1-3-8-14/h1-12H,13H2. The van der Waals surface area contributed by atoms with E-state index in [1.165, 1.54) is 4.90 Å². The molecule has 0 atom stereocenters. The molecule has 1 aliphatic rings. The average Bonchev–Trinajstić information content (AvgIpc) is 2.86. The minimum Gasteiger partial charge on any atom is -0.269 e. The molecular formula is C21H14ClNO2. The Morgan fingerprint density at radius 2 is 1.44 bits per heavy atom. The summed E-state index contributed by atoms with van der Waals surface area (Å²) in [4.78, 5) is 26.7. The van der Waals surface area contributed by atoms with Gasteiger partial charge in [-0.25, -0.2) is 0 Å². The Bertz CT molecular complexity index is 1020. The molecule has 3 nitrogen and oxygen atoms in total. The lowest BCUT2D eigenvalue weighted by Crippen LogP contribution is -2.30. The monoisotopic (exact) mass is 347 g/mol. The van der Waals surface area contributed by atoms with E-state index in [0.717, 1.165) is 16.3 Å². The van der Waals surface area contributed by atoms with Crippen molar-refractivity contribution in [1.82, 2.24) is 4.90 Å². The quantitative estimate of drug-likeness (QED) is 0.660. The highest BCUT2D eigenvalue weighted by Crippen LogP contribution is 2.35. The molecule has 0 saturated carbocycles. The minimum atomic E-state index is -0.446. The van der Waals surface area contributed by atoms with Crippen LogP contribution in [0.25, 0.3) is 16.3 Å². The highest BCUT2D eigenvalue weighted by Gasteiger charge is 2.38. The number of imide groups is 1. The van der Waals surface area contributed by atoms with Crippen LogP contribution in [0.5, 0.6) is 0 Å². The smallest absolute Gasteiger partial charge is 0.269 e. The van der Waals surface area contributed by atoms with E-state index >= 15 is 0 Å². The van der Waals surface area contributed by atoms with Crippen molar-refractivity contribution in [3.63, 3.8) is 0 Å². The van der Waals surface area contributed by atoms with E-state index in [0.29, 0.717) is 5.56 Å². The van der Waals surface area contributed by atoms with Crippen LogP contribution < -0.4 is 0 Å². The van der Waals surface area contributed by atoms with Gasteiger partial charge in [0.25, 0.3) is 11.8 Å². The maximum absolute atomic E-state index is 12.9. The number of carbonyl (C=O) groups is 2. The Morgan fingerprint density at radius 1 is 0.760 bits per heavy atom. The lowest BCUT2D eigenvalue weighted by Gasteiger charge is -2.15. The van der Waals surface area contributed by atoms with Crippen molar-refractivity contribution in [2.75, 3.05) is 0 Å². The second kappa shape index (κ2) is 6.19. The van der Waals surface area contributed by atoms with Crippen molar-refractivity contribution in [3.8, 4) is 0 Å². The summed E-state index contributed by atoms with van der Waals surface area (Å²) in [5.74, 6) is -0.798. The lowest BCUT2D eigenvalue weighted by atomic mass is 9.98. The Kier molecular flexibility index (Phi) is 3.86. The summed E-state index contributed by atoms with van der Waals surface area (Å²) in [6.07, 6.45) is 0. The van der Waals surface area contributed by atoms with Crippen LogP contribution in [0.1, 0.15) is 11.1 Å². The largest absolute Gasteiger partial charge is 0.273 e. The minimum absolute atomic E-state index is 0.0164. The third-order valence-electron chi connectivity index (χ3n) is 4.35. The predicted molar refractivity (Wildman–Crippen MR) is 98.7 cm³/mol. The fourth-order valence-corrected chi connectivity index (χ4v) is 3.42. The van der Waals surface area contributed by atoms with Crippen molar-refractivity contribution in [1.29, 1.82) is 0 Å². The Labute approximate surface area is 150 Å². The summed E-state index contributed by atoms with van der Waals surface area (Å²) < 4.78 is 0. The number of rotatable bonds is 3. The number of fused-ring (bicyclic) bond motifs is 1. The Morgan fingerprint density at radius 3 is 2.24 bits per heavy atom. The number of halogens is 1. The number of nitrogens with zero attached hydrogens (tertiary/aromatic N) is 1. The molecule has 4 heteroatoms. The highest BCUT2D eigenvalue weighted by atomic mass is 35.5. The summed E-state index contributed by atoms with van der Waals surface area (Å²) in [5, 5.41) is 1.89. The van der Waals surface area contributed by atoms with Gasteiger partial charge in [0.05, 0.1) is 12.1 Å². The van der Waals surface area contributed by atoms with E-state index in [-0.39, 0.29) is 23.1 Å². The molecule has 0 bridgehead atoms. The van der Waals surface area contributed by atoms with Gasteiger partial charge in [-0.05, 0) is 21.9 Å². The molecule has 4 rings (SSSR count). The summed E-state index contributed by atoms with van der Waals surface area (Å²) in [6.45, 7) is 0.211. The van der Waals surface area contributed by atoms with Gasteiger partial charge >= 0.3 is 0 Å². The van der Waals surface area contributed by atoms with E-state index < -0.39 is 5.91 Å². The molecule has 0 aliphatic carbocycles. The van der Waals surface area contributed by atoms with Gasteiger partial charge in [0.2, 0.25) is 0 Å². The molecule has 0 aromatic heterocycles. The van der Waals surface area contributed by atoms with Crippen LogP contribution in [0.4, 0.5) is 0 Å². The molecule has 3 aromatic rings. The van der Waals surface area contributed by atoms with Crippen LogP contribution in [0.3, 0.4) is 0 Å². The summed E-state index contributed by atoms with van der Waals surface area (Å²) >= 11 is 6.29. The molecule has 0 fully saturated rings. The van der Waals surface area contributed by atoms with E-state index in [2.05, 4.69) is 0 Å². The number of amides is 2. The van der Waals surface area contributed by atoms with Crippen LogP contribution in [0, 0.1) is 0 Å². The molecule has 122 valence electrons. The Hall–Kier alpha value is -2.91. The molecule has 0 radical (unpaired) electrons. The SMILES string of the molecule is O=C1C(Cl)=C(c2cccc3ccccc23)C(=O)N1Cc1ccccc1. The van der Waals surface area contributed by atoms with Crippen LogP contribution in [0.2, 0.25) is 0 Å². The zero-order chi connectivity index (χ0) is 17.4. The number of benzene rings is 3. The normalized spacial score (nSPS) is 14.7. The molecule has 1 heterocycles. The predicted octanol–water partition coefficient (Wildman–Crippen LogP) is 4.36. The molecular weight excluding hydrogens is 334 g/mol. The molecule has 3 aromatic carbocycles. The van der Waals surface area contributed by atoms with Gasteiger partial charge in [-0.15, -0.1) is 0 Å². The molecule has 0 spiro atoms. The fraction of sp³-hybridized carbons (Fsp3) is 0.0476. The van der Waals surface area contributed by atoms with Crippen molar-refractivity contribution in [3.05, 3.63) is 89.0 Å². The molecule has 0 saturated heterocycles. The van der Waals surface area contributed by atoms with Crippen LogP contribution in [-0.2, 0) is 16.1 Å². The molecule has 0 unspecified atom stereocenters. The first-order valence-electron chi connectivity index (χ1n) is 7.95. The molecule has 2 amide bonds. The highest BCUT2D eigenvalue weighted by molar-refractivity contribution is 6.55. The second-order valence-corrected chi connectivity index (χ2v) is 6.28. The van der Waals surface area contributed by atoms with Crippen LogP contribution in [-0.4, -0.2) is 16.7 Å². The van der Waals surface area contributed by atoms with E-state index in [1.807, 2.05) is 72.8 Å². The van der Waals surface area contributed by atoms with Gasteiger partial charge in [-0.2, -0.15) is 0 Å². The number of hydrogen-bond donors (Lipinski definition) is 0. The fourth-order valence-electron chi connectivity index (χ4n) is 3.13. The van der Waals surface area contributed by atoms with Crippen molar-refractivity contribution >= 4 is 39.8 Å². The summed E-state index contributed by atoms with van der Waals surface area (Å²) in [7, 11) is 0. The van der Waals surface area contributed by atoms with Crippen LogP contribution >= 0.6 is 11.6 Å². The maximum atomic E-state index is 12.9. The van der Waals surface area contributed by atoms with Gasteiger partial charge < -0.3 is 0 Å². The first-order chi connectivity index (χ1) is 12.2. The lowest BCUT2D eigenvalue weighted by molar-refractivity contribution is -0.137. The van der Waals surface area contributed by atoms with E-state index in [4.69, 9.17) is 11.6 Å². The van der Waals surface area contributed by atoms with Gasteiger partial charge in [0.1, 0.15) is 5.03 Å². The molecule has 25 heavy (non-hydrogen) atoms. The average molecular weight is 348 g/mol. The van der Waals surface area contributed by atoms with Crippen molar-refractivity contribution in [2.45, 2.75) is 6.54 Å². The van der Waals surface area contributed by atoms with Crippen molar-refractivity contribution in [2.24, 2.45) is 0 Å². The second-order valence-electron chi connectivity index (χ2n) is 5.90. The zero-order valence-electron chi connectivity index (χ0n) is 13.3. The first-order valence-corrected chi connectivity index (χ1v) is 8.32. The topological polar surface area (TPSA) is 37.4 Å². The van der Waals surface area contributed by atoms with E-state index in [1.54, 1.807) is 0 Å². The summed E-state index contributed by atoms with van der Waals surface area (Å²) in [5.41, 5.74) is 1.85. The van der Waals surface area contributed by atoms with E-state index in [9.17, 15) is 9.59 Å². The molecule has 1 aliphatic heterocycles. The maximum Gasteiger partial charge on any atom is 0.273 e. The molecule has 0 N–H and O–H groups in total. The van der Waals surface area contributed by atoms with Gasteiger partial charge in [0.15, 0.2) is 0 Å². The third kappa shape index (κ3) is 2.63. The number of carbonyl (C=O) groups excluding carboxylic acids is 2. The first kappa shape index (κ1) is 15.6.